The fourth-order valence-electron chi connectivity index (χ4n) is 1.82. The first-order valence-electron chi connectivity index (χ1n) is 6.19. The molecule has 0 unspecified atom stereocenters. The molecule has 112 valence electrons. The van der Waals surface area contributed by atoms with E-state index in [-0.39, 0.29) is 16.4 Å². The first-order chi connectivity index (χ1) is 9.83. The second-order valence-electron chi connectivity index (χ2n) is 4.60. The van der Waals surface area contributed by atoms with Gasteiger partial charge in [-0.25, -0.2) is 0 Å². The lowest BCUT2D eigenvalue weighted by atomic mass is 10.2. The number of hydrogen-bond acceptors (Lipinski definition) is 4. The van der Waals surface area contributed by atoms with Gasteiger partial charge in [-0.15, -0.1) is 0 Å². The summed E-state index contributed by atoms with van der Waals surface area (Å²) in [7, 11) is -2.56. The minimum absolute atomic E-state index is 0.00222. The van der Waals surface area contributed by atoms with Crippen LogP contribution in [0.2, 0.25) is 5.02 Å². The van der Waals surface area contributed by atoms with Crippen molar-refractivity contribution in [3.8, 4) is 11.5 Å². The first kappa shape index (κ1) is 15.7. The Bertz CT molecular complexity index is 769. The van der Waals surface area contributed by atoms with E-state index in [1.807, 2.05) is 0 Å². The number of halogens is 1. The zero-order valence-corrected chi connectivity index (χ0v) is 13.5. The molecule has 0 bridgehead atoms. The highest BCUT2D eigenvalue weighted by Gasteiger charge is 2.22. The van der Waals surface area contributed by atoms with Gasteiger partial charge in [0.15, 0.2) is 0 Å². The molecule has 0 N–H and O–H groups in total. The van der Waals surface area contributed by atoms with Crippen molar-refractivity contribution >= 4 is 21.7 Å². The van der Waals surface area contributed by atoms with E-state index in [4.69, 9.17) is 20.5 Å². The molecule has 0 amide bonds. The van der Waals surface area contributed by atoms with Gasteiger partial charge in [0.25, 0.3) is 0 Å². The average molecular weight is 327 g/mol. The van der Waals surface area contributed by atoms with E-state index < -0.39 is 10.1 Å². The second kappa shape index (κ2) is 5.95. The number of ether oxygens (including phenoxy) is 1. The van der Waals surface area contributed by atoms with Crippen molar-refractivity contribution in [1.29, 1.82) is 0 Å². The van der Waals surface area contributed by atoms with Crippen molar-refractivity contribution in [1.82, 2.24) is 0 Å². The number of methoxy groups -OCH3 is 1. The standard InChI is InChI=1S/C15H15ClO4S/c1-10-4-7-14(19-3)15(8-10)21(17,18)20-12-5-6-13(16)11(2)9-12/h4-9H,1-3H3. The molecule has 0 heterocycles. The summed E-state index contributed by atoms with van der Waals surface area (Å²) in [6, 6.07) is 9.55. The van der Waals surface area contributed by atoms with Crippen LogP contribution in [0.1, 0.15) is 11.1 Å². The topological polar surface area (TPSA) is 52.6 Å². The van der Waals surface area contributed by atoms with Crippen LogP contribution in [0.5, 0.6) is 11.5 Å². The number of benzene rings is 2. The Kier molecular flexibility index (Phi) is 4.44. The van der Waals surface area contributed by atoms with E-state index in [1.165, 1.54) is 19.2 Å². The molecule has 2 rings (SSSR count). The summed E-state index contributed by atoms with van der Waals surface area (Å²) in [6.45, 7) is 3.57. The highest BCUT2D eigenvalue weighted by Crippen LogP contribution is 2.29. The Labute approximate surface area is 129 Å². The van der Waals surface area contributed by atoms with E-state index in [0.717, 1.165) is 11.1 Å². The van der Waals surface area contributed by atoms with Gasteiger partial charge in [-0.1, -0.05) is 17.7 Å². The van der Waals surface area contributed by atoms with Crippen LogP contribution >= 0.6 is 11.6 Å². The predicted octanol–water partition coefficient (Wildman–Crippen LogP) is 3.73. The monoisotopic (exact) mass is 326 g/mol. The fraction of sp³-hybridized carbons (Fsp3) is 0.200. The number of aryl methyl sites for hydroxylation is 2. The lowest BCUT2D eigenvalue weighted by Gasteiger charge is -2.12. The summed E-state index contributed by atoms with van der Waals surface area (Å²) in [5.41, 5.74) is 1.53. The first-order valence-corrected chi connectivity index (χ1v) is 7.97. The van der Waals surface area contributed by atoms with Gasteiger partial charge in [-0.3, -0.25) is 0 Å². The number of hydrogen-bond donors (Lipinski definition) is 0. The summed E-state index contributed by atoms with van der Waals surface area (Å²) in [4.78, 5) is -0.00222. The minimum atomic E-state index is -3.98. The summed E-state index contributed by atoms with van der Waals surface area (Å²) in [6.07, 6.45) is 0. The molecular formula is C15H15ClO4S. The third-order valence-corrected chi connectivity index (χ3v) is 4.62. The highest BCUT2D eigenvalue weighted by molar-refractivity contribution is 7.87. The second-order valence-corrected chi connectivity index (χ2v) is 6.52. The van der Waals surface area contributed by atoms with Gasteiger partial charge in [0, 0.05) is 5.02 Å². The Hall–Kier alpha value is -1.72. The molecule has 0 spiro atoms. The minimum Gasteiger partial charge on any atom is -0.495 e. The van der Waals surface area contributed by atoms with Gasteiger partial charge in [0.05, 0.1) is 7.11 Å². The van der Waals surface area contributed by atoms with Gasteiger partial charge in [0.1, 0.15) is 16.4 Å². The summed E-state index contributed by atoms with van der Waals surface area (Å²) >= 11 is 5.91. The molecule has 0 saturated heterocycles. The molecular weight excluding hydrogens is 312 g/mol. The summed E-state index contributed by atoms with van der Waals surface area (Å²) in [5, 5.41) is 0.549. The van der Waals surface area contributed by atoms with Crippen LogP contribution in [0, 0.1) is 13.8 Å². The van der Waals surface area contributed by atoms with Gasteiger partial charge < -0.3 is 8.92 Å². The Morgan fingerprint density at radius 2 is 1.76 bits per heavy atom. The van der Waals surface area contributed by atoms with E-state index in [9.17, 15) is 8.42 Å². The van der Waals surface area contributed by atoms with Crippen LogP contribution in [-0.4, -0.2) is 15.5 Å². The lowest BCUT2D eigenvalue weighted by Crippen LogP contribution is -2.11. The quantitative estimate of drug-likeness (QED) is 0.803. The molecule has 6 heteroatoms. The van der Waals surface area contributed by atoms with E-state index in [1.54, 1.807) is 38.1 Å². The number of rotatable bonds is 4. The van der Waals surface area contributed by atoms with E-state index in [2.05, 4.69) is 0 Å². The van der Waals surface area contributed by atoms with Gasteiger partial charge in [-0.2, -0.15) is 8.42 Å². The van der Waals surface area contributed by atoms with Crippen LogP contribution < -0.4 is 8.92 Å². The Morgan fingerprint density at radius 1 is 1.05 bits per heavy atom. The molecule has 0 radical (unpaired) electrons. The summed E-state index contributed by atoms with van der Waals surface area (Å²) < 4.78 is 35.0. The summed E-state index contributed by atoms with van der Waals surface area (Å²) in [5.74, 6) is 0.451. The molecule has 0 aliphatic heterocycles. The molecule has 2 aromatic carbocycles. The van der Waals surface area contributed by atoms with E-state index in [0.29, 0.717) is 5.02 Å². The molecule has 0 aliphatic carbocycles. The molecule has 0 saturated carbocycles. The zero-order valence-electron chi connectivity index (χ0n) is 11.9. The van der Waals surface area contributed by atoms with Crippen LogP contribution in [0.25, 0.3) is 0 Å². The van der Waals surface area contributed by atoms with Crippen LogP contribution in [0.4, 0.5) is 0 Å². The molecule has 0 aliphatic rings. The molecule has 21 heavy (non-hydrogen) atoms. The maximum Gasteiger partial charge on any atom is 0.342 e. The smallest absolute Gasteiger partial charge is 0.342 e. The zero-order chi connectivity index (χ0) is 15.6. The van der Waals surface area contributed by atoms with E-state index >= 15 is 0 Å². The molecule has 0 fully saturated rings. The highest BCUT2D eigenvalue weighted by atomic mass is 35.5. The van der Waals surface area contributed by atoms with Crippen molar-refractivity contribution in [2.75, 3.05) is 7.11 Å². The average Bonchev–Trinajstić information content (AvgIpc) is 2.42. The predicted molar refractivity (Wildman–Crippen MR) is 81.7 cm³/mol. The molecule has 2 aromatic rings. The van der Waals surface area contributed by atoms with Crippen molar-refractivity contribution in [3.05, 3.63) is 52.5 Å². The van der Waals surface area contributed by atoms with Gasteiger partial charge >= 0.3 is 10.1 Å². The molecule has 0 aromatic heterocycles. The normalized spacial score (nSPS) is 11.2. The largest absolute Gasteiger partial charge is 0.495 e. The third-order valence-electron chi connectivity index (χ3n) is 2.92. The molecule has 4 nitrogen and oxygen atoms in total. The third kappa shape index (κ3) is 3.49. The lowest BCUT2D eigenvalue weighted by molar-refractivity contribution is 0.398. The Balaban J connectivity index is 2.42. The molecule has 0 atom stereocenters. The van der Waals surface area contributed by atoms with Crippen LogP contribution in [-0.2, 0) is 10.1 Å². The fourth-order valence-corrected chi connectivity index (χ4v) is 3.11. The van der Waals surface area contributed by atoms with Gasteiger partial charge in [0.2, 0.25) is 0 Å². The van der Waals surface area contributed by atoms with Crippen molar-refractivity contribution in [3.63, 3.8) is 0 Å². The van der Waals surface area contributed by atoms with Gasteiger partial charge in [-0.05, 0) is 55.3 Å². The van der Waals surface area contributed by atoms with Crippen LogP contribution in [0.3, 0.4) is 0 Å². The SMILES string of the molecule is COc1ccc(C)cc1S(=O)(=O)Oc1ccc(Cl)c(C)c1. The van der Waals surface area contributed by atoms with Crippen LogP contribution in [0.15, 0.2) is 41.3 Å². The Morgan fingerprint density at radius 3 is 2.38 bits per heavy atom. The van der Waals surface area contributed by atoms with Crippen molar-refractivity contribution in [2.24, 2.45) is 0 Å². The maximum absolute atomic E-state index is 12.4. The maximum atomic E-state index is 12.4. The van der Waals surface area contributed by atoms with Crippen molar-refractivity contribution < 1.29 is 17.3 Å². The van der Waals surface area contributed by atoms with Crippen molar-refractivity contribution in [2.45, 2.75) is 18.7 Å².